The van der Waals surface area contributed by atoms with Crippen LogP contribution in [0.25, 0.3) is 11.1 Å². The molecule has 7 heteroatoms. The number of ether oxygens (including phenoxy) is 2. The Kier molecular flexibility index (Phi) is 5.51. The third-order valence-corrected chi connectivity index (χ3v) is 7.66. The summed E-state index contributed by atoms with van der Waals surface area (Å²) in [6, 6.07) is 8.55. The first kappa shape index (κ1) is 21.7. The number of pyridine rings is 1. The molecule has 1 amide bonds. The number of nitrogens with one attached hydrogen (secondary N) is 1. The topological polar surface area (TPSA) is 86.6 Å². The molecule has 0 saturated heterocycles. The lowest BCUT2D eigenvalue weighted by Crippen LogP contribution is -2.60. The molecule has 1 aromatic carbocycles. The molecule has 0 atom stereocenters. The van der Waals surface area contributed by atoms with Gasteiger partial charge in [0, 0.05) is 17.3 Å². The maximum atomic E-state index is 13.3. The number of esters is 1. The SMILES string of the molecule is COC(=O)c1cc(-c2ccc(OC)cc2)c(=O)n(CC(=O)NC23CC4CC(CC(C4)C2)C3)c1. The highest BCUT2D eigenvalue weighted by Gasteiger charge is 2.51. The Labute approximate surface area is 193 Å². The number of benzene rings is 1. The van der Waals surface area contributed by atoms with Crippen molar-refractivity contribution in [3.05, 3.63) is 52.4 Å². The van der Waals surface area contributed by atoms with Gasteiger partial charge in [0.2, 0.25) is 5.91 Å². The number of nitrogens with zero attached hydrogens (tertiary/aromatic N) is 1. The van der Waals surface area contributed by atoms with E-state index in [4.69, 9.17) is 9.47 Å². The monoisotopic (exact) mass is 450 g/mol. The van der Waals surface area contributed by atoms with E-state index >= 15 is 0 Å². The van der Waals surface area contributed by atoms with Crippen LogP contribution >= 0.6 is 0 Å². The minimum atomic E-state index is -0.556. The number of aromatic nitrogens is 1. The van der Waals surface area contributed by atoms with Gasteiger partial charge in [-0.15, -0.1) is 0 Å². The minimum absolute atomic E-state index is 0.130. The fourth-order valence-electron chi connectivity index (χ4n) is 6.71. The van der Waals surface area contributed by atoms with Crippen molar-refractivity contribution in [3.63, 3.8) is 0 Å². The molecular formula is C26H30N2O5. The summed E-state index contributed by atoms with van der Waals surface area (Å²) in [5.41, 5.74) is 0.748. The summed E-state index contributed by atoms with van der Waals surface area (Å²) in [7, 11) is 2.87. The van der Waals surface area contributed by atoms with Gasteiger partial charge in [0.15, 0.2) is 0 Å². The number of hydrogen-bond acceptors (Lipinski definition) is 5. The minimum Gasteiger partial charge on any atom is -0.497 e. The fraction of sp³-hybridized carbons (Fsp3) is 0.500. The lowest BCUT2D eigenvalue weighted by atomic mass is 9.53. The Bertz CT molecular complexity index is 1100. The van der Waals surface area contributed by atoms with Crippen LogP contribution in [0.1, 0.15) is 48.9 Å². The van der Waals surface area contributed by atoms with Crippen molar-refractivity contribution in [2.45, 2.75) is 50.6 Å². The molecule has 4 aliphatic carbocycles. The highest BCUT2D eigenvalue weighted by atomic mass is 16.5. The normalized spacial score (nSPS) is 27.3. The summed E-state index contributed by atoms with van der Waals surface area (Å²) in [4.78, 5) is 38.7. The third kappa shape index (κ3) is 4.16. The van der Waals surface area contributed by atoms with Crippen molar-refractivity contribution in [1.29, 1.82) is 0 Å². The quantitative estimate of drug-likeness (QED) is 0.682. The van der Waals surface area contributed by atoms with Gasteiger partial charge in [0.1, 0.15) is 12.3 Å². The molecular weight excluding hydrogens is 420 g/mol. The van der Waals surface area contributed by atoms with Crippen LogP contribution in [0.15, 0.2) is 41.3 Å². The second-order valence-corrected chi connectivity index (χ2v) is 10.0. The Morgan fingerprint density at radius 3 is 2.18 bits per heavy atom. The second-order valence-electron chi connectivity index (χ2n) is 10.0. The van der Waals surface area contributed by atoms with Gasteiger partial charge in [-0.05, 0) is 80.0 Å². The summed E-state index contributed by atoms with van der Waals surface area (Å²) in [5.74, 6) is 2.07. The van der Waals surface area contributed by atoms with Crippen molar-refractivity contribution in [1.82, 2.24) is 9.88 Å². The number of methoxy groups -OCH3 is 2. The lowest BCUT2D eigenvalue weighted by molar-refractivity contribution is -0.127. The Morgan fingerprint density at radius 2 is 1.64 bits per heavy atom. The molecule has 4 bridgehead atoms. The molecule has 4 saturated carbocycles. The van der Waals surface area contributed by atoms with E-state index < -0.39 is 5.97 Å². The second kappa shape index (κ2) is 8.36. The van der Waals surface area contributed by atoms with Crippen LogP contribution in [0.5, 0.6) is 5.75 Å². The summed E-state index contributed by atoms with van der Waals surface area (Å²) in [6.45, 7) is -0.130. The standard InChI is InChI=1S/C26H30N2O5/c1-32-21-5-3-19(4-6-21)22-10-20(25(31)33-2)14-28(24(22)30)15-23(29)27-26-11-16-7-17(12-26)9-18(8-16)13-26/h3-6,10,14,16-18H,7-9,11-13,15H2,1-2H3,(H,27,29). The molecule has 4 fully saturated rings. The Hall–Kier alpha value is -3.09. The van der Waals surface area contributed by atoms with Gasteiger partial charge in [-0.25, -0.2) is 4.79 Å². The molecule has 1 N–H and O–H groups in total. The van der Waals surface area contributed by atoms with Crippen molar-refractivity contribution in [3.8, 4) is 16.9 Å². The number of hydrogen-bond donors (Lipinski definition) is 1. The van der Waals surface area contributed by atoms with Gasteiger partial charge in [-0.3, -0.25) is 9.59 Å². The molecule has 1 heterocycles. The first-order chi connectivity index (χ1) is 15.9. The first-order valence-electron chi connectivity index (χ1n) is 11.7. The highest BCUT2D eigenvalue weighted by molar-refractivity contribution is 5.90. The zero-order valence-electron chi connectivity index (χ0n) is 19.1. The number of rotatable bonds is 6. The van der Waals surface area contributed by atoms with E-state index in [0.717, 1.165) is 19.3 Å². The lowest BCUT2D eigenvalue weighted by Gasteiger charge is -2.56. The third-order valence-electron chi connectivity index (χ3n) is 7.66. The van der Waals surface area contributed by atoms with Crippen LogP contribution in [0, 0.1) is 17.8 Å². The van der Waals surface area contributed by atoms with Gasteiger partial charge in [0.05, 0.1) is 19.8 Å². The molecule has 174 valence electrons. The Balaban J connectivity index is 1.42. The maximum absolute atomic E-state index is 13.3. The van der Waals surface area contributed by atoms with E-state index in [2.05, 4.69) is 5.32 Å². The first-order valence-corrected chi connectivity index (χ1v) is 11.7. The molecule has 0 radical (unpaired) electrons. The Morgan fingerprint density at radius 1 is 1.03 bits per heavy atom. The highest BCUT2D eigenvalue weighted by Crippen LogP contribution is 2.55. The van der Waals surface area contributed by atoms with Crippen LogP contribution in [-0.2, 0) is 16.1 Å². The molecule has 0 unspecified atom stereocenters. The molecule has 6 rings (SSSR count). The predicted molar refractivity (Wildman–Crippen MR) is 123 cm³/mol. The van der Waals surface area contributed by atoms with Gasteiger partial charge in [0.25, 0.3) is 5.56 Å². The summed E-state index contributed by atoms with van der Waals surface area (Å²) in [5, 5.41) is 3.31. The number of carbonyl (C=O) groups excluding carboxylic acids is 2. The zero-order valence-corrected chi connectivity index (χ0v) is 19.1. The van der Waals surface area contributed by atoms with Gasteiger partial charge < -0.3 is 19.4 Å². The zero-order chi connectivity index (χ0) is 23.2. The van der Waals surface area contributed by atoms with Crippen LogP contribution in [0.4, 0.5) is 0 Å². The molecule has 4 aliphatic rings. The molecule has 0 aliphatic heterocycles. The fourth-order valence-corrected chi connectivity index (χ4v) is 6.71. The molecule has 7 nitrogen and oxygen atoms in total. The van der Waals surface area contributed by atoms with E-state index in [1.165, 1.54) is 43.2 Å². The van der Waals surface area contributed by atoms with E-state index in [9.17, 15) is 14.4 Å². The van der Waals surface area contributed by atoms with Gasteiger partial charge in [-0.2, -0.15) is 0 Å². The molecule has 33 heavy (non-hydrogen) atoms. The van der Waals surface area contributed by atoms with Crippen molar-refractivity contribution >= 4 is 11.9 Å². The average molecular weight is 451 g/mol. The molecule has 1 aromatic heterocycles. The smallest absolute Gasteiger partial charge is 0.339 e. The molecule has 2 aromatic rings. The van der Waals surface area contributed by atoms with E-state index in [0.29, 0.717) is 34.6 Å². The number of carbonyl (C=O) groups is 2. The maximum Gasteiger partial charge on any atom is 0.339 e. The van der Waals surface area contributed by atoms with E-state index in [-0.39, 0.29) is 29.1 Å². The van der Waals surface area contributed by atoms with Crippen molar-refractivity contribution < 1.29 is 19.1 Å². The van der Waals surface area contributed by atoms with Crippen molar-refractivity contribution in [2.75, 3.05) is 14.2 Å². The largest absolute Gasteiger partial charge is 0.497 e. The average Bonchev–Trinajstić information content (AvgIpc) is 2.78. The molecule has 0 spiro atoms. The van der Waals surface area contributed by atoms with Gasteiger partial charge in [-0.1, -0.05) is 12.1 Å². The summed E-state index contributed by atoms with van der Waals surface area (Å²) >= 11 is 0. The van der Waals surface area contributed by atoms with Crippen LogP contribution in [0.2, 0.25) is 0 Å². The van der Waals surface area contributed by atoms with Crippen LogP contribution < -0.4 is 15.6 Å². The van der Waals surface area contributed by atoms with E-state index in [1.54, 1.807) is 31.4 Å². The summed E-state index contributed by atoms with van der Waals surface area (Å²) < 4.78 is 11.4. The van der Waals surface area contributed by atoms with Crippen molar-refractivity contribution in [2.24, 2.45) is 17.8 Å². The van der Waals surface area contributed by atoms with Crippen LogP contribution in [-0.4, -0.2) is 36.2 Å². The van der Waals surface area contributed by atoms with Gasteiger partial charge >= 0.3 is 5.97 Å². The predicted octanol–water partition coefficient (Wildman–Crippen LogP) is 3.40. The van der Waals surface area contributed by atoms with Crippen LogP contribution in [0.3, 0.4) is 0 Å². The van der Waals surface area contributed by atoms with E-state index in [1.807, 2.05) is 0 Å². The number of amides is 1. The summed E-state index contributed by atoms with van der Waals surface area (Å²) in [6.07, 6.45) is 8.42.